The zero-order valence-corrected chi connectivity index (χ0v) is 23.0. The van der Waals surface area contributed by atoms with Crippen molar-refractivity contribution in [1.82, 2.24) is 0 Å². The van der Waals surface area contributed by atoms with Gasteiger partial charge in [0.05, 0.1) is 33.1 Å². The highest BCUT2D eigenvalue weighted by molar-refractivity contribution is 7.92. The summed E-state index contributed by atoms with van der Waals surface area (Å²) in [5.41, 5.74) is -2.01. The number of fused-ring (bicyclic) bond motifs is 1. The van der Waals surface area contributed by atoms with E-state index in [0.717, 1.165) is 28.6 Å². The minimum Gasteiger partial charge on any atom is -0.486 e. The van der Waals surface area contributed by atoms with E-state index in [-0.39, 0.29) is 35.0 Å². The Balaban J connectivity index is 1.56. The van der Waals surface area contributed by atoms with E-state index in [1.165, 1.54) is 18.2 Å². The van der Waals surface area contributed by atoms with Crippen molar-refractivity contribution in [3.63, 3.8) is 0 Å². The molecule has 218 valence electrons. The third-order valence-electron chi connectivity index (χ3n) is 7.54. The maximum Gasteiger partial charge on any atom is 0.416 e. The van der Waals surface area contributed by atoms with Crippen LogP contribution in [0.15, 0.2) is 59.5 Å². The molecular formula is C28H23ClF5NO5S. The molecule has 3 aromatic carbocycles. The molecule has 0 saturated heterocycles. The lowest BCUT2D eigenvalue weighted by Gasteiger charge is -2.44. The Morgan fingerprint density at radius 3 is 2.49 bits per heavy atom. The molecule has 0 radical (unpaired) electrons. The van der Waals surface area contributed by atoms with Crippen molar-refractivity contribution in [2.45, 2.75) is 43.4 Å². The van der Waals surface area contributed by atoms with Gasteiger partial charge in [0, 0.05) is 11.6 Å². The molecule has 0 bridgehead atoms. The molecule has 6 nitrogen and oxygen atoms in total. The van der Waals surface area contributed by atoms with Crippen LogP contribution in [0.5, 0.6) is 5.75 Å². The van der Waals surface area contributed by atoms with Crippen molar-refractivity contribution in [2.24, 2.45) is 11.3 Å². The Bertz CT molecular complexity index is 1640. The van der Waals surface area contributed by atoms with Gasteiger partial charge in [0.25, 0.3) is 10.0 Å². The van der Waals surface area contributed by atoms with E-state index >= 15 is 0 Å². The van der Waals surface area contributed by atoms with Gasteiger partial charge in [0.15, 0.2) is 0 Å². The van der Waals surface area contributed by atoms with Crippen molar-refractivity contribution in [1.29, 1.82) is 0 Å². The van der Waals surface area contributed by atoms with Crippen LogP contribution in [-0.4, -0.2) is 32.1 Å². The number of alkyl halides is 3. The van der Waals surface area contributed by atoms with Gasteiger partial charge in [-0.15, -0.1) is 0 Å². The number of aliphatic carboxylic acids is 1. The molecule has 1 fully saturated rings. The van der Waals surface area contributed by atoms with Gasteiger partial charge in [-0.05, 0) is 74.1 Å². The fourth-order valence-electron chi connectivity index (χ4n) is 5.48. The van der Waals surface area contributed by atoms with Crippen LogP contribution in [-0.2, 0) is 21.0 Å². The quantitative estimate of drug-likeness (QED) is 0.235. The van der Waals surface area contributed by atoms with E-state index in [4.69, 9.17) is 16.3 Å². The molecule has 0 spiro atoms. The summed E-state index contributed by atoms with van der Waals surface area (Å²) in [4.78, 5) is 10.9. The average Bonchev–Trinajstić information content (AvgIpc) is 2.88. The highest BCUT2D eigenvalue weighted by Gasteiger charge is 2.48. The number of anilines is 1. The highest BCUT2D eigenvalue weighted by Crippen LogP contribution is 2.49. The van der Waals surface area contributed by atoms with Crippen LogP contribution in [0, 0.1) is 23.0 Å². The predicted molar refractivity (Wildman–Crippen MR) is 140 cm³/mol. The van der Waals surface area contributed by atoms with Gasteiger partial charge in [-0.25, -0.2) is 17.2 Å². The number of hydrogen-bond donors (Lipinski definition) is 1. The smallest absolute Gasteiger partial charge is 0.416 e. The number of carboxylic acids is 1. The maximum atomic E-state index is 14.2. The molecule has 2 aliphatic rings. The SMILES string of the molecule is C[C@]1(C(=O)O)C[C@@H](C[C@H]2CN(S(=O)(=O)c3cccc(C(F)(F)F)c3)c3cc(-c4cc(F)cc(F)c4Cl)ccc3O2)C1. The Hall–Kier alpha value is -3.38. The van der Waals surface area contributed by atoms with Crippen LogP contribution in [0.1, 0.15) is 31.7 Å². The summed E-state index contributed by atoms with van der Waals surface area (Å²) in [6.45, 7) is 1.33. The van der Waals surface area contributed by atoms with Crippen molar-refractivity contribution in [2.75, 3.05) is 10.8 Å². The fraction of sp³-hybridized carbons (Fsp3) is 0.321. The summed E-state index contributed by atoms with van der Waals surface area (Å²) in [6.07, 6.45) is -4.51. The summed E-state index contributed by atoms with van der Waals surface area (Å²) in [6, 6.07) is 9.01. The summed E-state index contributed by atoms with van der Waals surface area (Å²) in [5, 5.41) is 9.02. The molecule has 1 N–H and O–H groups in total. The third kappa shape index (κ3) is 5.46. The molecule has 3 aromatic rings. The first-order chi connectivity index (χ1) is 19.1. The summed E-state index contributed by atoms with van der Waals surface area (Å²) >= 11 is 6.06. The Labute approximate surface area is 237 Å². The van der Waals surface area contributed by atoms with E-state index in [2.05, 4.69) is 0 Å². The summed E-state index contributed by atoms with van der Waals surface area (Å²) in [7, 11) is -4.60. The van der Waals surface area contributed by atoms with E-state index in [9.17, 15) is 40.3 Å². The van der Waals surface area contributed by atoms with Gasteiger partial charge in [0.2, 0.25) is 0 Å². The number of carbonyl (C=O) groups is 1. The first kappa shape index (κ1) is 29.1. The van der Waals surface area contributed by atoms with Crippen molar-refractivity contribution in [3.05, 3.63) is 76.8 Å². The van der Waals surface area contributed by atoms with E-state index in [1.807, 2.05) is 0 Å². The number of hydrogen-bond acceptors (Lipinski definition) is 4. The zero-order valence-electron chi connectivity index (χ0n) is 21.4. The molecule has 5 rings (SSSR count). The number of halogens is 6. The minimum absolute atomic E-state index is 0.0547. The van der Waals surface area contributed by atoms with Crippen LogP contribution in [0.2, 0.25) is 5.02 Å². The Kier molecular flexibility index (Phi) is 7.22. The monoisotopic (exact) mass is 615 g/mol. The molecule has 0 unspecified atom stereocenters. The number of ether oxygens (including phenoxy) is 1. The van der Waals surface area contributed by atoms with E-state index in [0.29, 0.717) is 31.4 Å². The van der Waals surface area contributed by atoms with Gasteiger partial charge in [-0.1, -0.05) is 23.7 Å². The van der Waals surface area contributed by atoms with E-state index in [1.54, 1.807) is 6.92 Å². The van der Waals surface area contributed by atoms with Gasteiger partial charge in [-0.3, -0.25) is 9.10 Å². The third-order valence-corrected chi connectivity index (χ3v) is 9.69. The summed E-state index contributed by atoms with van der Waals surface area (Å²) < 4.78 is 103. The topological polar surface area (TPSA) is 83.9 Å². The molecule has 41 heavy (non-hydrogen) atoms. The molecule has 0 aromatic heterocycles. The van der Waals surface area contributed by atoms with Crippen LogP contribution < -0.4 is 9.04 Å². The molecule has 1 aliphatic heterocycles. The molecule has 0 amide bonds. The lowest BCUT2D eigenvalue weighted by atomic mass is 9.61. The molecule has 1 heterocycles. The van der Waals surface area contributed by atoms with Crippen LogP contribution in [0.25, 0.3) is 11.1 Å². The molecule has 13 heteroatoms. The average molecular weight is 616 g/mol. The van der Waals surface area contributed by atoms with Gasteiger partial charge in [-0.2, -0.15) is 13.2 Å². The Morgan fingerprint density at radius 1 is 1.12 bits per heavy atom. The second kappa shape index (κ2) is 10.2. The van der Waals surface area contributed by atoms with Crippen LogP contribution in [0.3, 0.4) is 0 Å². The second-order valence-corrected chi connectivity index (χ2v) is 12.8. The standard InChI is InChI=1S/C28H23ClF5NO5S/c1-27(26(36)37)12-15(13-27)7-19-14-35(41(38,39)20-4-2-3-17(9-20)28(32,33)34)23-8-16(5-6-24(23)40-19)21-10-18(30)11-22(31)25(21)29/h2-6,8-11,15,19H,7,12-14H2,1H3,(H,36,37)/t15-,19-,27+/m0/s1. The van der Waals surface area contributed by atoms with Crippen molar-refractivity contribution < 1.29 is 45.0 Å². The maximum absolute atomic E-state index is 14.2. The fourth-order valence-corrected chi connectivity index (χ4v) is 7.25. The number of carboxylic acid groups (broad SMARTS) is 1. The molecular weight excluding hydrogens is 593 g/mol. The second-order valence-electron chi connectivity index (χ2n) is 10.6. The largest absolute Gasteiger partial charge is 0.486 e. The lowest BCUT2D eigenvalue weighted by Crippen LogP contribution is -2.47. The zero-order chi connectivity index (χ0) is 29.9. The van der Waals surface area contributed by atoms with Crippen LogP contribution >= 0.6 is 11.6 Å². The van der Waals surface area contributed by atoms with Crippen molar-refractivity contribution in [3.8, 4) is 16.9 Å². The number of rotatable bonds is 6. The normalized spacial score (nSPS) is 22.5. The minimum atomic E-state index is -4.79. The van der Waals surface area contributed by atoms with Gasteiger partial charge in [0.1, 0.15) is 23.5 Å². The Morgan fingerprint density at radius 2 is 1.83 bits per heavy atom. The molecule has 1 atom stereocenters. The van der Waals surface area contributed by atoms with Crippen molar-refractivity contribution >= 4 is 33.3 Å². The first-order valence-electron chi connectivity index (χ1n) is 12.5. The molecule has 1 aliphatic carbocycles. The van der Waals surface area contributed by atoms with Crippen LogP contribution in [0.4, 0.5) is 27.6 Å². The predicted octanol–water partition coefficient (Wildman–Crippen LogP) is 7.15. The lowest BCUT2D eigenvalue weighted by molar-refractivity contribution is -0.157. The first-order valence-corrected chi connectivity index (χ1v) is 14.3. The van der Waals surface area contributed by atoms with Gasteiger partial charge < -0.3 is 9.84 Å². The molecule has 1 saturated carbocycles. The van der Waals surface area contributed by atoms with Gasteiger partial charge >= 0.3 is 12.1 Å². The summed E-state index contributed by atoms with van der Waals surface area (Å²) in [5.74, 6) is -2.88. The number of sulfonamides is 1. The number of nitrogens with zero attached hydrogens (tertiary/aromatic N) is 1. The van der Waals surface area contributed by atoms with E-state index < -0.39 is 60.8 Å². The number of benzene rings is 3. The highest BCUT2D eigenvalue weighted by atomic mass is 35.5.